The number of amides is 1. The summed E-state index contributed by atoms with van der Waals surface area (Å²) in [6, 6.07) is 5.43. The molecule has 0 saturated carbocycles. The molecular formula is C25H41N3O4. The average Bonchev–Trinajstić information content (AvgIpc) is 2.74. The fourth-order valence-electron chi connectivity index (χ4n) is 3.78. The van der Waals surface area contributed by atoms with Crippen molar-refractivity contribution in [1.29, 1.82) is 0 Å². The highest BCUT2D eigenvalue weighted by Crippen LogP contribution is 2.17. The van der Waals surface area contributed by atoms with E-state index in [1.807, 2.05) is 0 Å². The Bertz CT molecular complexity index is 723. The number of nitrogens with two attached hydrogens (primary N) is 2. The molecule has 32 heavy (non-hydrogen) atoms. The van der Waals surface area contributed by atoms with Crippen molar-refractivity contribution in [2.75, 3.05) is 0 Å². The minimum Gasteiger partial charge on any atom is -0.480 e. The molecule has 7 nitrogen and oxygen atoms in total. The third-order valence-corrected chi connectivity index (χ3v) is 5.65. The van der Waals surface area contributed by atoms with E-state index in [1.165, 1.54) is 0 Å². The van der Waals surface area contributed by atoms with Gasteiger partial charge in [0.05, 0.1) is 0 Å². The van der Waals surface area contributed by atoms with Gasteiger partial charge < -0.3 is 21.9 Å². The van der Waals surface area contributed by atoms with Crippen molar-refractivity contribution in [3.63, 3.8) is 0 Å². The zero-order valence-corrected chi connectivity index (χ0v) is 19.6. The van der Waals surface area contributed by atoms with Gasteiger partial charge in [-0.1, -0.05) is 76.6 Å². The van der Waals surface area contributed by atoms with Gasteiger partial charge in [0, 0.05) is 30.5 Å². The number of carbonyl (C=O) groups is 3. The maximum absolute atomic E-state index is 13.1. The van der Waals surface area contributed by atoms with E-state index >= 15 is 0 Å². The van der Waals surface area contributed by atoms with Gasteiger partial charge in [0.25, 0.3) is 0 Å². The zero-order valence-electron chi connectivity index (χ0n) is 19.6. The average molecular weight is 448 g/mol. The Hall–Kier alpha value is -2.25. The van der Waals surface area contributed by atoms with Crippen molar-refractivity contribution < 1.29 is 19.5 Å². The van der Waals surface area contributed by atoms with Crippen LogP contribution >= 0.6 is 0 Å². The number of ketones is 1. The molecule has 0 aliphatic rings. The summed E-state index contributed by atoms with van der Waals surface area (Å²) in [4.78, 5) is 36.8. The molecule has 0 fully saturated rings. The van der Waals surface area contributed by atoms with Crippen LogP contribution in [0.2, 0.25) is 0 Å². The van der Waals surface area contributed by atoms with E-state index in [9.17, 15) is 14.4 Å². The summed E-state index contributed by atoms with van der Waals surface area (Å²) >= 11 is 0. The van der Waals surface area contributed by atoms with Crippen LogP contribution in [0.25, 0.3) is 0 Å². The largest absolute Gasteiger partial charge is 0.480 e. The van der Waals surface area contributed by atoms with Crippen molar-refractivity contribution >= 4 is 17.7 Å². The highest BCUT2D eigenvalue weighted by Gasteiger charge is 2.22. The molecule has 0 radical (unpaired) electrons. The minimum atomic E-state index is -1.10. The van der Waals surface area contributed by atoms with Crippen molar-refractivity contribution in [3.8, 4) is 0 Å². The minimum absolute atomic E-state index is 0.0801. The molecule has 3 atom stereocenters. The van der Waals surface area contributed by atoms with Gasteiger partial charge in [-0.15, -0.1) is 0 Å². The van der Waals surface area contributed by atoms with E-state index < -0.39 is 12.0 Å². The number of hydrogen-bond donors (Lipinski definition) is 4. The van der Waals surface area contributed by atoms with Crippen LogP contribution in [-0.4, -0.2) is 40.9 Å². The highest BCUT2D eigenvalue weighted by molar-refractivity contribution is 5.98. The van der Waals surface area contributed by atoms with E-state index in [0.717, 1.165) is 44.9 Å². The summed E-state index contributed by atoms with van der Waals surface area (Å²) in [7, 11) is 0. The van der Waals surface area contributed by atoms with Crippen molar-refractivity contribution in [1.82, 2.24) is 5.32 Å². The van der Waals surface area contributed by atoms with Gasteiger partial charge in [-0.3, -0.25) is 14.4 Å². The zero-order chi connectivity index (χ0) is 23.9. The molecule has 0 aromatic heterocycles. The number of hydrogen-bond acceptors (Lipinski definition) is 5. The Balaban J connectivity index is 2.80. The predicted octanol–water partition coefficient (Wildman–Crippen LogP) is 3.58. The van der Waals surface area contributed by atoms with Crippen LogP contribution in [-0.2, 0) is 16.0 Å². The number of Topliss-reactive ketones (excluding diaryl/α,β-unsaturated/α-hetero) is 1. The monoisotopic (exact) mass is 447 g/mol. The van der Waals surface area contributed by atoms with Crippen LogP contribution in [0.1, 0.15) is 94.0 Å². The van der Waals surface area contributed by atoms with Gasteiger partial charge >= 0.3 is 5.97 Å². The molecule has 1 aromatic rings. The van der Waals surface area contributed by atoms with Gasteiger partial charge in [0.15, 0.2) is 5.78 Å². The third-order valence-electron chi connectivity index (χ3n) is 5.65. The van der Waals surface area contributed by atoms with Gasteiger partial charge in [-0.2, -0.15) is 0 Å². The lowest BCUT2D eigenvalue weighted by atomic mass is 9.93. The van der Waals surface area contributed by atoms with E-state index in [4.69, 9.17) is 16.6 Å². The number of carbonyl (C=O) groups excluding carboxylic acids is 2. The SMILES string of the molecule is CCCCC[C@H](N)CC(=O)N[C@@H](CCCCC)CC(=O)c1ccccc1C[C@H](N)C(=O)O. The quantitative estimate of drug-likeness (QED) is 0.213. The van der Waals surface area contributed by atoms with E-state index in [2.05, 4.69) is 19.2 Å². The number of unbranched alkanes of at least 4 members (excludes halogenated alkanes) is 4. The first-order valence-corrected chi connectivity index (χ1v) is 11.9. The summed E-state index contributed by atoms with van der Waals surface area (Å²) in [5.74, 6) is -1.34. The second kappa shape index (κ2) is 15.5. The Labute approximate surface area is 192 Å². The molecule has 180 valence electrons. The van der Waals surface area contributed by atoms with Crippen LogP contribution in [0.4, 0.5) is 0 Å². The molecule has 7 heteroatoms. The molecule has 0 unspecified atom stereocenters. The predicted molar refractivity (Wildman–Crippen MR) is 128 cm³/mol. The summed E-state index contributed by atoms with van der Waals surface area (Å²) < 4.78 is 0. The smallest absolute Gasteiger partial charge is 0.320 e. The van der Waals surface area contributed by atoms with Crippen molar-refractivity contribution in [3.05, 3.63) is 35.4 Å². The lowest BCUT2D eigenvalue weighted by Crippen LogP contribution is -2.39. The molecular weight excluding hydrogens is 406 g/mol. The van der Waals surface area contributed by atoms with E-state index in [0.29, 0.717) is 17.5 Å². The van der Waals surface area contributed by atoms with Crippen LogP contribution in [0.3, 0.4) is 0 Å². The molecule has 0 heterocycles. The summed E-state index contributed by atoms with van der Waals surface area (Å²) in [5.41, 5.74) is 12.9. The fraction of sp³-hybridized carbons (Fsp3) is 0.640. The molecule has 0 spiro atoms. The van der Waals surface area contributed by atoms with E-state index in [-0.39, 0.29) is 43.0 Å². The lowest BCUT2D eigenvalue weighted by molar-refractivity contribution is -0.138. The van der Waals surface area contributed by atoms with Gasteiger partial charge in [-0.25, -0.2) is 0 Å². The standard InChI is InChI=1S/C25H41N3O4/c1-3-5-7-12-19(26)16-24(30)28-20(13-8-6-4-2)17-23(29)21-14-10-9-11-18(21)15-22(27)25(31)32/h9-11,14,19-20,22H,3-8,12-13,15-17,26-27H2,1-2H3,(H,28,30)(H,31,32)/t19-,20-,22-/m0/s1. The van der Waals surface area contributed by atoms with Gasteiger partial charge in [-0.05, 0) is 24.8 Å². The number of aliphatic carboxylic acids is 1. The molecule has 1 rings (SSSR count). The van der Waals surface area contributed by atoms with Crippen LogP contribution < -0.4 is 16.8 Å². The van der Waals surface area contributed by atoms with Crippen LogP contribution in [0, 0.1) is 0 Å². The Morgan fingerprint density at radius 2 is 1.56 bits per heavy atom. The second-order valence-corrected chi connectivity index (χ2v) is 8.65. The third kappa shape index (κ3) is 10.9. The molecule has 1 amide bonds. The maximum atomic E-state index is 13.1. The number of carboxylic acids is 1. The van der Waals surface area contributed by atoms with Gasteiger partial charge in [0.2, 0.25) is 5.91 Å². The number of benzene rings is 1. The van der Waals surface area contributed by atoms with Crippen molar-refractivity contribution in [2.45, 2.75) is 103 Å². The highest BCUT2D eigenvalue weighted by atomic mass is 16.4. The lowest BCUT2D eigenvalue weighted by Gasteiger charge is -2.20. The normalized spacial score (nSPS) is 13.9. The number of rotatable bonds is 17. The summed E-state index contributed by atoms with van der Waals surface area (Å²) in [6.07, 6.45) is 8.26. The maximum Gasteiger partial charge on any atom is 0.320 e. The Kier molecular flexibility index (Phi) is 13.5. The van der Waals surface area contributed by atoms with Crippen molar-refractivity contribution in [2.24, 2.45) is 11.5 Å². The van der Waals surface area contributed by atoms with E-state index in [1.54, 1.807) is 24.3 Å². The number of carboxylic acid groups (broad SMARTS) is 1. The topological polar surface area (TPSA) is 136 Å². The molecule has 6 N–H and O–H groups in total. The Morgan fingerprint density at radius 3 is 2.19 bits per heavy atom. The first-order valence-electron chi connectivity index (χ1n) is 11.9. The van der Waals surface area contributed by atoms with Crippen LogP contribution in [0.15, 0.2) is 24.3 Å². The Morgan fingerprint density at radius 1 is 0.938 bits per heavy atom. The molecule has 0 aliphatic carbocycles. The van der Waals surface area contributed by atoms with Crippen LogP contribution in [0.5, 0.6) is 0 Å². The fourth-order valence-corrected chi connectivity index (χ4v) is 3.78. The molecule has 0 aliphatic heterocycles. The van der Waals surface area contributed by atoms with Gasteiger partial charge in [0.1, 0.15) is 6.04 Å². The molecule has 1 aromatic carbocycles. The second-order valence-electron chi connectivity index (χ2n) is 8.65. The number of nitrogens with one attached hydrogen (secondary N) is 1. The first-order chi connectivity index (χ1) is 15.3. The molecule has 0 saturated heterocycles. The summed E-state index contributed by atoms with van der Waals surface area (Å²) in [5, 5.41) is 12.1. The first kappa shape index (κ1) is 27.8. The molecule has 0 bridgehead atoms. The summed E-state index contributed by atoms with van der Waals surface area (Å²) in [6.45, 7) is 4.24.